The molecule has 0 saturated carbocycles. The van der Waals surface area contributed by atoms with Gasteiger partial charge in [-0.25, -0.2) is 0 Å². The van der Waals surface area contributed by atoms with Gasteiger partial charge in [0.2, 0.25) is 12.3 Å². The number of carboxylic acids is 1. The van der Waals surface area contributed by atoms with Crippen molar-refractivity contribution >= 4 is 41.0 Å². The number of thioether (sulfide) groups is 1. The molecule has 8 heteroatoms. The molecule has 1 aliphatic rings. The number of amides is 2. The number of aromatic nitrogens is 1. The number of benzene rings is 1. The van der Waals surface area contributed by atoms with Gasteiger partial charge in [-0.1, -0.05) is 18.2 Å². The predicted molar refractivity (Wildman–Crippen MR) is 97.2 cm³/mol. The monoisotopic (exact) mass is 374 g/mol. The van der Waals surface area contributed by atoms with Crippen LogP contribution in [-0.4, -0.2) is 50.9 Å². The van der Waals surface area contributed by atoms with Crippen LogP contribution in [-0.2, 0) is 20.8 Å². The Hall–Kier alpha value is -2.48. The molecular weight excluding hydrogens is 354 g/mol. The minimum absolute atomic E-state index is 0.0996. The van der Waals surface area contributed by atoms with Crippen LogP contribution < -0.4 is 10.4 Å². The van der Waals surface area contributed by atoms with Gasteiger partial charge in [-0.15, -0.1) is 11.8 Å². The minimum atomic E-state index is -1.36. The van der Waals surface area contributed by atoms with E-state index in [4.69, 9.17) is 0 Å². The fraction of sp³-hybridized carbons (Fsp3) is 0.389. The van der Waals surface area contributed by atoms with E-state index in [1.807, 2.05) is 38.1 Å². The molecule has 1 saturated heterocycles. The SMILES string of the molecule is CC1(C)SC[C@H](C(=O)N[C@H](Cc2c[nH]c3ccccc23)C(=O)[O-])N1C=O. The molecule has 26 heavy (non-hydrogen) atoms. The first kappa shape index (κ1) is 18.3. The van der Waals surface area contributed by atoms with Crippen molar-refractivity contribution in [3.8, 4) is 0 Å². The van der Waals surface area contributed by atoms with E-state index in [1.165, 1.54) is 16.7 Å². The number of carbonyl (C=O) groups is 3. The van der Waals surface area contributed by atoms with Gasteiger partial charge in [0.1, 0.15) is 6.04 Å². The molecule has 3 rings (SSSR count). The van der Waals surface area contributed by atoms with Crippen LogP contribution in [0.25, 0.3) is 10.9 Å². The Morgan fingerprint density at radius 3 is 2.88 bits per heavy atom. The first-order valence-electron chi connectivity index (χ1n) is 8.27. The van der Waals surface area contributed by atoms with E-state index in [-0.39, 0.29) is 6.42 Å². The Bertz CT molecular complexity index is 848. The summed E-state index contributed by atoms with van der Waals surface area (Å²) in [6.45, 7) is 3.70. The topological polar surface area (TPSA) is 105 Å². The van der Waals surface area contributed by atoms with E-state index < -0.39 is 28.8 Å². The zero-order valence-electron chi connectivity index (χ0n) is 14.5. The third kappa shape index (κ3) is 3.41. The Labute approximate surface area is 155 Å². The first-order valence-corrected chi connectivity index (χ1v) is 9.26. The van der Waals surface area contributed by atoms with Gasteiger partial charge in [0.25, 0.3) is 0 Å². The summed E-state index contributed by atoms with van der Waals surface area (Å²) < 4.78 is 0. The zero-order chi connectivity index (χ0) is 18.9. The van der Waals surface area contributed by atoms with Crippen LogP contribution in [0, 0.1) is 0 Å². The largest absolute Gasteiger partial charge is 0.548 e. The highest BCUT2D eigenvalue weighted by molar-refractivity contribution is 8.00. The van der Waals surface area contributed by atoms with Crippen LogP contribution in [0.5, 0.6) is 0 Å². The van der Waals surface area contributed by atoms with E-state index in [2.05, 4.69) is 10.3 Å². The molecule has 1 aromatic heterocycles. The normalized spacial score (nSPS) is 20.1. The molecule has 7 nitrogen and oxygen atoms in total. The lowest BCUT2D eigenvalue weighted by molar-refractivity contribution is -0.308. The number of hydrogen-bond donors (Lipinski definition) is 2. The molecule has 2 aromatic rings. The highest BCUT2D eigenvalue weighted by atomic mass is 32.2. The summed E-state index contributed by atoms with van der Waals surface area (Å²) in [5.74, 6) is -1.42. The van der Waals surface area contributed by atoms with Crippen molar-refractivity contribution in [2.45, 2.75) is 37.2 Å². The average Bonchev–Trinajstić information content (AvgIpc) is 3.14. The molecule has 138 valence electrons. The van der Waals surface area contributed by atoms with Crippen molar-refractivity contribution in [1.82, 2.24) is 15.2 Å². The summed E-state index contributed by atoms with van der Waals surface area (Å²) in [7, 11) is 0. The van der Waals surface area contributed by atoms with Gasteiger partial charge in [-0.3, -0.25) is 9.59 Å². The van der Waals surface area contributed by atoms with Gasteiger partial charge >= 0.3 is 0 Å². The number of nitrogens with one attached hydrogen (secondary N) is 2. The zero-order valence-corrected chi connectivity index (χ0v) is 15.3. The lowest BCUT2D eigenvalue weighted by atomic mass is 10.0. The molecule has 2 amide bonds. The third-order valence-electron chi connectivity index (χ3n) is 4.67. The third-order valence-corrected chi connectivity index (χ3v) is 6.07. The maximum absolute atomic E-state index is 12.6. The number of carboxylic acid groups (broad SMARTS) is 1. The maximum Gasteiger partial charge on any atom is 0.244 e. The van der Waals surface area contributed by atoms with Crippen molar-refractivity contribution in [1.29, 1.82) is 0 Å². The number of aliphatic carboxylic acids is 1. The van der Waals surface area contributed by atoms with E-state index in [1.54, 1.807) is 6.20 Å². The number of aromatic amines is 1. The Morgan fingerprint density at radius 1 is 1.46 bits per heavy atom. The molecule has 2 atom stereocenters. The molecule has 0 radical (unpaired) electrons. The minimum Gasteiger partial charge on any atom is -0.548 e. The fourth-order valence-electron chi connectivity index (χ4n) is 3.20. The smallest absolute Gasteiger partial charge is 0.244 e. The number of hydrogen-bond acceptors (Lipinski definition) is 5. The van der Waals surface area contributed by atoms with E-state index >= 15 is 0 Å². The van der Waals surface area contributed by atoms with Crippen LogP contribution >= 0.6 is 11.8 Å². The van der Waals surface area contributed by atoms with Crippen LogP contribution in [0.15, 0.2) is 30.5 Å². The Kier molecular flexibility index (Phi) is 4.95. The van der Waals surface area contributed by atoms with Gasteiger partial charge in [0.15, 0.2) is 0 Å². The van der Waals surface area contributed by atoms with Crippen LogP contribution in [0.2, 0.25) is 0 Å². The number of carbonyl (C=O) groups excluding carboxylic acids is 3. The average molecular weight is 374 g/mol. The molecule has 2 N–H and O–H groups in total. The second-order valence-corrected chi connectivity index (χ2v) is 8.35. The number of fused-ring (bicyclic) bond motifs is 1. The summed E-state index contributed by atoms with van der Waals surface area (Å²) >= 11 is 1.48. The van der Waals surface area contributed by atoms with Crippen molar-refractivity contribution in [3.05, 3.63) is 36.0 Å². The van der Waals surface area contributed by atoms with Crippen molar-refractivity contribution in [2.75, 3.05) is 5.75 Å². The molecule has 1 aromatic carbocycles. The van der Waals surface area contributed by atoms with Gasteiger partial charge < -0.3 is 25.1 Å². The Balaban J connectivity index is 1.76. The fourth-order valence-corrected chi connectivity index (χ4v) is 4.39. The van der Waals surface area contributed by atoms with Crippen molar-refractivity contribution < 1.29 is 19.5 Å². The summed E-state index contributed by atoms with van der Waals surface area (Å²) in [5, 5.41) is 15.0. The number of nitrogens with zero attached hydrogens (tertiary/aromatic N) is 1. The molecule has 0 unspecified atom stereocenters. The van der Waals surface area contributed by atoms with Gasteiger partial charge in [0, 0.05) is 29.3 Å². The van der Waals surface area contributed by atoms with Crippen molar-refractivity contribution in [3.63, 3.8) is 0 Å². The molecule has 0 bridgehead atoms. The first-order chi connectivity index (χ1) is 12.3. The van der Waals surface area contributed by atoms with E-state index in [0.29, 0.717) is 12.2 Å². The number of para-hydroxylation sites is 1. The maximum atomic E-state index is 12.6. The van der Waals surface area contributed by atoms with Gasteiger partial charge in [-0.2, -0.15) is 0 Å². The highest BCUT2D eigenvalue weighted by Gasteiger charge is 2.43. The molecule has 0 aliphatic carbocycles. The summed E-state index contributed by atoms with van der Waals surface area (Å²) in [6, 6.07) is 5.66. The molecular formula is C18H20N3O4S-. The highest BCUT2D eigenvalue weighted by Crippen LogP contribution is 2.37. The second-order valence-electron chi connectivity index (χ2n) is 6.73. The standard InChI is InChI=1S/C18H21N3O4S/c1-18(2)21(10-22)15(9-26-18)16(23)20-14(17(24)25)7-11-8-19-13-6-4-3-5-12(11)13/h3-6,8,10,14-15,19H,7,9H2,1-2H3,(H,20,23)(H,24,25)/p-1/t14-,15-/m1/s1. The molecule has 1 aliphatic heterocycles. The summed E-state index contributed by atoms with van der Waals surface area (Å²) in [6.07, 6.45) is 2.47. The second kappa shape index (κ2) is 7.03. The van der Waals surface area contributed by atoms with E-state index in [9.17, 15) is 19.5 Å². The predicted octanol–water partition coefficient (Wildman–Crippen LogP) is 0.255. The van der Waals surface area contributed by atoms with Gasteiger partial charge in [-0.05, 0) is 25.5 Å². The van der Waals surface area contributed by atoms with Crippen LogP contribution in [0.3, 0.4) is 0 Å². The van der Waals surface area contributed by atoms with Crippen molar-refractivity contribution in [2.24, 2.45) is 0 Å². The molecule has 1 fully saturated rings. The summed E-state index contributed by atoms with van der Waals surface area (Å²) in [4.78, 5) is 39.5. The number of rotatable bonds is 6. The molecule has 0 spiro atoms. The lowest BCUT2D eigenvalue weighted by Gasteiger charge is -2.31. The van der Waals surface area contributed by atoms with Crippen LogP contribution in [0.1, 0.15) is 19.4 Å². The van der Waals surface area contributed by atoms with Crippen LogP contribution in [0.4, 0.5) is 0 Å². The molecule has 2 heterocycles. The van der Waals surface area contributed by atoms with Gasteiger partial charge in [0.05, 0.1) is 16.9 Å². The summed E-state index contributed by atoms with van der Waals surface area (Å²) in [5.41, 5.74) is 1.68. The van der Waals surface area contributed by atoms with E-state index in [0.717, 1.165) is 16.5 Å². The quantitative estimate of drug-likeness (QED) is 0.706. The lowest BCUT2D eigenvalue weighted by Crippen LogP contribution is -2.55. The Morgan fingerprint density at radius 2 is 2.19 bits per heavy atom. The number of H-pyrrole nitrogens is 1.